The van der Waals surface area contributed by atoms with Crippen molar-refractivity contribution >= 4 is 43.6 Å². The fourth-order valence-electron chi connectivity index (χ4n) is 8.31. The molecular formula is C51H33N5. The molecule has 56 heavy (non-hydrogen) atoms. The first-order valence-electron chi connectivity index (χ1n) is 18.9. The monoisotopic (exact) mass is 715 g/mol. The van der Waals surface area contributed by atoms with Crippen LogP contribution in [0.4, 0.5) is 0 Å². The van der Waals surface area contributed by atoms with E-state index >= 15 is 0 Å². The van der Waals surface area contributed by atoms with Crippen LogP contribution in [0.1, 0.15) is 0 Å². The third-order valence-electron chi connectivity index (χ3n) is 10.9. The maximum Gasteiger partial charge on any atom is 0.240 e. The highest BCUT2D eigenvalue weighted by Gasteiger charge is 2.21. The van der Waals surface area contributed by atoms with Crippen molar-refractivity contribution < 1.29 is 0 Å². The molecule has 5 nitrogen and oxygen atoms in total. The van der Waals surface area contributed by atoms with Crippen molar-refractivity contribution in [1.82, 2.24) is 24.1 Å². The SMILES string of the molecule is c1ccc(-c2ccccc2-c2ccc(-c3ccccc3-c3nc(-n4c5ccccc5c5ccccc54)nc(-n4c5ccccc5c5ccccc54)n3)cc2)cc1. The largest absolute Gasteiger partial charge is 0.278 e. The Morgan fingerprint density at radius 2 is 0.554 bits per heavy atom. The Bertz CT molecular complexity index is 3010. The molecule has 0 saturated heterocycles. The van der Waals surface area contributed by atoms with Crippen molar-refractivity contribution in [2.45, 2.75) is 0 Å². The molecule has 0 radical (unpaired) electrons. The number of rotatable bonds is 6. The van der Waals surface area contributed by atoms with Crippen LogP contribution >= 0.6 is 0 Å². The van der Waals surface area contributed by atoms with Crippen molar-refractivity contribution in [3.63, 3.8) is 0 Å². The lowest BCUT2D eigenvalue weighted by molar-refractivity contribution is 0.893. The summed E-state index contributed by atoms with van der Waals surface area (Å²) in [7, 11) is 0. The Hall–Kier alpha value is -7.63. The number of hydrogen-bond acceptors (Lipinski definition) is 3. The van der Waals surface area contributed by atoms with E-state index in [9.17, 15) is 0 Å². The van der Waals surface area contributed by atoms with E-state index in [-0.39, 0.29) is 0 Å². The zero-order valence-corrected chi connectivity index (χ0v) is 30.3. The summed E-state index contributed by atoms with van der Waals surface area (Å²) in [5, 5.41) is 4.60. The molecule has 0 atom stereocenters. The van der Waals surface area contributed by atoms with Crippen LogP contribution in [0.25, 0.3) is 100 Å². The van der Waals surface area contributed by atoms with Gasteiger partial charge in [0.2, 0.25) is 11.9 Å². The second-order valence-corrected chi connectivity index (χ2v) is 14.0. The molecule has 0 aliphatic heterocycles. The highest BCUT2D eigenvalue weighted by Crippen LogP contribution is 2.38. The molecule has 0 aliphatic carbocycles. The van der Waals surface area contributed by atoms with Gasteiger partial charge in [-0.3, -0.25) is 9.13 Å². The summed E-state index contributed by atoms with van der Waals surface area (Å²) in [6, 6.07) is 70.3. The predicted molar refractivity (Wildman–Crippen MR) is 230 cm³/mol. The van der Waals surface area contributed by atoms with Gasteiger partial charge in [-0.2, -0.15) is 15.0 Å². The van der Waals surface area contributed by atoms with Crippen LogP contribution in [0, 0.1) is 0 Å². The Morgan fingerprint density at radius 3 is 0.964 bits per heavy atom. The molecule has 3 heterocycles. The Balaban J connectivity index is 1.13. The lowest BCUT2D eigenvalue weighted by Gasteiger charge is -2.15. The minimum atomic E-state index is 0.562. The van der Waals surface area contributed by atoms with Gasteiger partial charge in [-0.25, -0.2) is 0 Å². The van der Waals surface area contributed by atoms with Gasteiger partial charge in [-0.05, 0) is 57.6 Å². The van der Waals surface area contributed by atoms with Crippen LogP contribution in [0.3, 0.4) is 0 Å². The van der Waals surface area contributed by atoms with Gasteiger partial charge in [0, 0.05) is 27.1 Å². The average Bonchev–Trinajstić information content (AvgIpc) is 3.80. The van der Waals surface area contributed by atoms with Crippen LogP contribution in [-0.4, -0.2) is 24.1 Å². The summed E-state index contributed by atoms with van der Waals surface area (Å²) >= 11 is 0. The normalized spacial score (nSPS) is 11.6. The summed E-state index contributed by atoms with van der Waals surface area (Å²) in [5.74, 6) is 1.72. The molecule has 0 amide bonds. The molecule has 11 aromatic rings. The number of nitrogens with zero attached hydrogens (tertiary/aromatic N) is 5. The zero-order valence-electron chi connectivity index (χ0n) is 30.3. The molecule has 3 aromatic heterocycles. The number of hydrogen-bond donors (Lipinski definition) is 0. The average molecular weight is 716 g/mol. The van der Waals surface area contributed by atoms with Gasteiger partial charge in [0.05, 0.1) is 22.1 Å². The maximum absolute atomic E-state index is 5.34. The van der Waals surface area contributed by atoms with Gasteiger partial charge < -0.3 is 0 Å². The lowest BCUT2D eigenvalue weighted by atomic mass is 9.92. The summed E-state index contributed by atoms with van der Waals surface area (Å²) in [6.45, 7) is 0. The zero-order chi connectivity index (χ0) is 37.0. The quantitative estimate of drug-likeness (QED) is 0.172. The molecule has 0 saturated carbocycles. The Kier molecular flexibility index (Phi) is 7.42. The molecule has 0 aliphatic rings. The van der Waals surface area contributed by atoms with Crippen LogP contribution in [0.15, 0.2) is 200 Å². The van der Waals surface area contributed by atoms with E-state index in [1.807, 2.05) is 0 Å². The molecule has 0 spiro atoms. The molecule has 262 valence electrons. The lowest BCUT2D eigenvalue weighted by Crippen LogP contribution is -2.10. The fraction of sp³-hybridized carbons (Fsp3) is 0. The first kappa shape index (κ1) is 31.9. The van der Waals surface area contributed by atoms with E-state index in [0.29, 0.717) is 17.7 Å². The summed E-state index contributed by atoms with van der Waals surface area (Å²) < 4.78 is 4.35. The van der Waals surface area contributed by atoms with Gasteiger partial charge in [0.15, 0.2) is 5.82 Å². The predicted octanol–water partition coefficient (Wildman–Crippen LogP) is 12.7. The van der Waals surface area contributed by atoms with E-state index < -0.39 is 0 Å². The van der Waals surface area contributed by atoms with Gasteiger partial charge in [0.1, 0.15) is 0 Å². The topological polar surface area (TPSA) is 48.5 Å². The van der Waals surface area contributed by atoms with Gasteiger partial charge >= 0.3 is 0 Å². The van der Waals surface area contributed by atoms with Gasteiger partial charge in [-0.15, -0.1) is 0 Å². The van der Waals surface area contributed by atoms with Crippen LogP contribution < -0.4 is 0 Å². The molecule has 0 fully saturated rings. The van der Waals surface area contributed by atoms with E-state index in [1.54, 1.807) is 0 Å². The second-order valence-electron chi connectivity index (χ2n) is 14.0. The van der Waals surface area contributed by atoms with E-state index in [4.69, 9.17) is 15.0 Å². The van der Waals surface area contributed by atoms with E-state index in [1.165, 1.54) is 16.7 Å². The Morgan fingerprint density at radius 1 is 0.250 bits per heavy atom. The van der Waals surface area contributed by atoms with Gasteiger partial charge in [0.25, 0.3) is 0 Å². The first-order chi connectivity index (χ1) is 27.8. The second kappa shape index (κ2) is 13.0. The molecular weight excluding hydrogens is 683 g/mol. The molecule has 0 N–H and O–H groups in total. The molecule has 8 aromatic carbocycles. The minimum Gasteiger partial charge on any atom is -0.278 e. The molecule has 11 rings (SSSR count). The fourth-order valence-corrected chi connectivity index (χ4v) is 8.31. The van der Waals surface area contributed by atoms with Crippen LogP contribution in [0.5, 0.6) is 0 Å². The summed E-state index contributed by atoms with van der Waals surface area (Å²) in [5.41, 5.74) is 12.0. The molecule has 0 unspecified atom stereocenters. The van der Waals surface area contributed by atoms with E-state index in [2.05, 4.69) is 209 Å². The van der Waals surface area contributed by atoms with Crippen LogP contribution in [-0.2, 0) is 0 Å². The van der Waals surface area contributed by atoms with Crippen molar-refractivity contribution in [2.24, 2.45) is 0 Å². The number of fused-ring (bicyclic) bond motifs is 6. The van der Waals surface area contributed by atoms with Crippen LogP contribution in [0.2, 0.25) is 0 Å². The summed E-state index contributed by atoms with van der Waals surface area (Å²) in [6.07, 6.45) is 0. The first-order valence-corrected chi connectivity index (χ1v) is 18.9. The minimum absolute atomic E-state index is 0.562. The Labute approximate surface area is 323 Å². The molecule has 5 heteroatoms. The van der Waals surface area contributed by atoms with Crippen molar-refractivity contribution in [3.05, 3.63) is 200 Å². The van der Waals surface area contributed by atoms with Gasteiger partial charge in [-0.1, -0.05) is 176 Å². The smallest absolute Gasteiger partial charge is 0.240 e. The van der Waals surface area contributed by atoms with E-state index in [0.717, 1.165) is 65.9 Å². The third kappa shape index (κ3) is 5.13. The maximum atomic E-state index is 5.34. The number of benzene rings is 8. The molecule has 0 bridgehead atoms. The van der Waals surface area contributed by atoms with Crippen molar-refractivity contribution in [3.8, 4) is 56.7 Å². The highest BCUT2D eigenvalue weighted by molar-refractivity contribution is 6.10. The summed E-state index contributed by atoms with van der Waals surface area (Å²) in [4.78, 5) is 16.0. The third-order valence-corrected chi connectivity index (χ3v) is 10.9. The number of para-hydroxylation sites is 4. The van der Waals surface area contributed by atoms with Crippen molar-refractivity contribution in [1.29, 1.82) is 0 Å². The van der Waals surface area contributed by atoms with Crippen molar-refractivity contribution in [2.75, 3.05) is 0 Å². The standard InChI is InChI=1S/C51H33N5/c1-2-16-34(17-3-1)37-18-4-5-19-38(37)35-30-32-36(33-31-35)39-20-6-7-25-44(39)49-52-50(55-45-26-12-8-21-40(45)41-22-9-13-27-46(41)55)54-51(53-49)56-47-28-14-10-23-42(47)43-24-11-15-29-48(43)56/h1-33H. The highest BCUT2D eigenvalue weighted by atomic mass is 15.3. The number of aromatic nitrogens is 5.